The summed E-state index contributed by atoms with van der Waals surface area (Å²) in [6, 6.07) is 0. The predicted octanol–water partition coefficient (Wildman–Crippen LogP) is -9.12. The Labute approximate surface area is 185 Å². The Morgan fingerprint density at radius 1 is 1.28 bits per heavy atom. The number of aromatic nitrogens is 4. The van der Waals surface area contributed by atoms with Gasteiger partial charge >= 0.3 is 59.1 Å². The molecule has 0 aliphatic carbocycles. The van der Waals surface area contributed by atoms with Crippen LogP contribution in [-0.4, -0.2) is 54.7 Å². The summed E-state index contributed by atoms with van der Waals surface area (Å²) in [5.74, 6) is 0.125. The van der Waals surface area contributed by atoms with E-state index in [2.05, 4.69) is 19.5 Å². The van der Waals surface area contributed by atoms with Gasteiger partial charge in [-0.2, -0.15) is 0 Å². The molecule has 4 atom stereocenters. The van der Waals surface area contributed by atoms with Crippen LogP contribution in [0.1, 0.15) is 6.23 Å². The molecule has 0 aromatic carbocycles. The summed E-state index contributed by atoms with van der Waals surface area (Å²) in [4.78, 5) is 32.8. The van der Waals surface area contributed by atoms with Crippen molar-refractivity contribution in [2.24, 2.45) is 0 Å². The molecule has 1 fully saturated rings. The van der Waals surface area contributed by atoms with Crippen LogP contribution in [0.3, 0.4) is 0 Å². The van der Waals surface area contributed by atoms with Gasteiger partial charge in [-0.15, -0.1) is 0 Å². The quantitative estimate of drug-likeness (QED) is 0.331. The van der Waals surface area contributed by atoms with E-state index < -0.39 is 39.0 Å². The molecule has 0 saturated carbocycles. The minimum absolute atomic E-state index is 0. The van der Waals surface area contributed by atoms with Crippen LogP contribution in [0.15, 0.2) is 12.7 Å². The largest absolute Gasteiger partial charge is 1.00 e. The number of imidazole rings is 1. The number of phosphoric acid groups is 1. The van der Waals surface area contributed by atoms with Gasteiger partial charge < -0.3 is 39.6 Å². The van der Waals surface area contributed by atoms with Crippen LogP contribution in [-0.2, 0) is 13.8 Å². The van der Waals surface area contributed by atoms with Crippen molar-refractivity contribution >= 4 is 24.8 Å². The molecule has 0 bridgehead atoms. The molecule has 4 N–H and O–H groups in total. The number of nitrogen functional groups attached to an aromatic ring is 1. The van der Waals surface area contributed by atoms with Crippen LogP contribution in [0.2, 0.25) is 0 Å². The fraction of sp³-hybridized carbons (Fsp3) is 0.500. The number of fused-ring (bicyclic) bond motifs is 1. The predicted molar refractivity (Wildman–Crippen MR) is 69.2 cm³/mol. The van der Waals surface area contributed by atoms with Crippen LogP contribution < -0.4 is 74.6 Å². The molecule has 1 aliphatic rings. The van der Waals surface area contributed by atoms with E-state index in [1.54, 1.807) is 0 Å². The van der Waals surface area contributed by atoms with E-state index in [4.69, 9.17) is 10.5 Å². The Hall–Kier alpha value is 0.340. The number of anilines is 1. The van der Waals surface area contributed by atoms with Gasteiger partial charge in [0.2, 0.25) is 0 Å². The normalized spacial score (nSPS) is 26.2. The number of nitrogens with two attached hydrogens (primary N) is 1. The maximum Gasteiger partial charge on any atom is 1.00 e. The molecule has 25 heavy (non-hydrogen) atoms. The van der Waals surface area contributed by atoms with Gasteiger partial charge in [-0.1, -0.05) is 0 Å². The summed E-state index contributed by atoms with van der Waals surface area (Å²) in [5.41, 5.74) is 6.19. The SMILES string of the molecule is Nc1ncnc2c1ncn2C1OC(COP(=O)([O-])[O-])C(O)[C@@H]1O.[Na+].[Na+]. The van der Waals surface area contributed by atoms with Crippen molar-refractivity contribution in [2.75, 3.05) is 12.3 Å². The first-order chi connectivity index (χ1) is 10.8. The molecule has 15 heteroatoms. The van der Waals surface area contributed by atoms with Crippen LogP contribution >= 0.6 is 7.82 Å². The van der Waals surface area contributed by atoms with Crippen LogP contribution in [0.5, 0.6) is 0 Å². The third kappa shape index (κ3) is 4.99. The van der Waals surface area contributed by atoms with E-state index in [1.165, 1.54) is 17.2 Å². The number of rotatable bonds is 4. The number of phosphoric ester groups is 1. The zero-order chi connectivity index (χ0) is 16.8. The van der Waals surface area contributed by atoms with E-state index in [0.717, 1.165) is 0 Å². The van der Waals surface area contributed by atoms with Crippen LogP contribution in [0, 0.1) is 0 Å². The van der Waals surface area contributed by atoms with E-state index >= 15 is 0 Å². The first kappa shape index (κ1) is 23.4. The monoisotopic (exact) mass is 391 g/mol. The van der Waals surface area contributed by atoms with Crippen LogP contribution in [0.25, 0.3) is 11.2 Å². The molecular weight excluding hydrogens is 379 g/mol. The van der Waals surface area contributed by atoms with Crippen molar-refractivity contribution in [3.8, 4) is 0 Å². The maximum atomic E-state index is 10.5. The smallest absolute Gasteiger partial charge is 0.790 e. The summed E-state index contributed by atoms with van der Waals surface area (Å²) in [5, 5.41) is 20.0. The number of nitrogens with zero attached hydrogens (tertiary/aromatic N) is 4. The standard InChI is InChI=1S/C10H14N5O7P.2Na/c11-8-5-9(13-2-12-8)15(3-14-5)10-7(17)6(16)4(22-10)1-21-23(18,19)20;;/h2-4,6-7,10,16-17H,1H2,(H2,11,12,13)(H2,18,19,20);;/q;2*+1/p-2/t4?,6?,7-,10?;;/m0../s1. The molecule has 2 aromatic rings. The number of aliphatic hydroxyl groups excluding tert-OH is 2. The Morgan fingerprint density at radius 3 is 2.60 bits per heavy atom. The fourth-order valence-electron chi connectivity index (χ4n) is 2.32. The van der Waals surface area contributed by atoms with Crippen LogP contribution in [0.4, 0.5) is 5.82 Å². The minimum Gasteiger partial charge on any atom is -0.790 e. The molecule has 0 spiro atoms. The molecule has 12 nitrogen and oxygen atoms in total. The van der Waals surface area contributed by atoms with E-state index in [9.17, 15) is 24.6 Å². The second-order valence-electron chi connectivity index (χ2n) is 4.87. The Kier molecular flexibility index (Phi) is 8.44. The van der Waals surface area contributed by atoms with Gasteiger partial charge in [-0.05, 0) is 0 Å². The Balaban J connectivity index is 0.00000156. The molecule has 3 heterocycles. The molecule has 3 rings (SSSR count). The number of ether oxygens (including phenoxy) is 1. The summed E-state index contributed by atoms with van der Waals surface area (Å²) in [7, 11) is -5.22. The number of hydrogen-bond acceptors (Lipinski definition) is 11. The molecule has 1 saturated heterocycles. The van der Waals surface area contributed by atoms with Gasteiger partial charge in [-0.3, -0.25) is 4.57 Å². The first-order valence-electron chi connectivity index (χ1n) is 6.39. The van der Waals surface area contributed by atoms with Crippen molar-refractivity contribution in [2.45, 2.75) is 24.5 Å². The van der Waals surface area contributed by atoms with Gasteiger partial charge in [0.25, 0.3) is 0 Å². The summed E-state index contributed by atoms with van der Waals surface area (Å²) < 4.78 is 21.3. The summed E-state index contributed by atoms with van der Waals surface area (Å²) >= 11 is 0. The summed E-state index contributed by atoms with van der Waals surface area (Å²) in [6.45, 7) is -0.719. The van der Waals surface area contributed by atoms with Gasteiger partial charge in [-0.25, -0.2) is 15.0 Å². The number of aliphatic hydroxyl groups is 2. The van der Waals surface area contributed by atoms with Crippen molar-refractivity contribution in [3.63, 3.8) is 0 Å². The average molecular weight is 391 g/mol. The van der Waals surface area contributed by atoms with E-state index in [-0.39, 0.29) is 76.1 Å². The zero-order valence-electron chi connectivity index (χ0n) is 13.4. The van der Waals surface area contributed by atoms with Gasteiger partial charge in [0.1, 0.15) is 30.2 Å². The van der Waals surface area contributed by atoms with Crippen molar-refractivity contribution in [1.29, 1.82) is 0 Å². The van der Waals surface area contributed by atoms with Crippen molar-refractivity contribution < 1.29 is 92.9 Å². The van der Waals surface area contributed by atoms with Gasteiger partial charge in [0, 0.05) is 0 Å². The van der Waals surface area contributed by atoms with E-state index in [0.29, 0.717) is 0 Å². The first-order valence-corrected chi connectivity index (χ1v) is 7.85. The topological polar surface area (TPSA) is 192 Å². The maximum absolute atomic E-state index is 10.5. The van der Waals surface area contributed by atoms with E-state index in [1.807, 2.05) is 0 Å². The summed E-state index contributed by atoms with van der Waals surface area (Å²) in [6.07, 6.45) is -2.75. The molecular formula is C10H12N5Na2O7P. The number of hydrogen-bond donors (Lipinski definition) is 3. The third-order valence-electron chi connectivity index (χ3n) is 3.40. The van der Waals surface area contributed by atoms with Crippen molar-refractivity contribution in [3.05, 3.63) is 12.7 Å². The van der Waals surface area contributed by atoms with Crippen molar-refractivity contribution in [1.82, 2.24) is 19.5 Å². The minimum atomic E-state index is -5.22. The third-order valence-corrected chi connectivity index (χ3v) is 3.86. The molecule has 0 radical (unpaired) electrons. The van der Waals surface area contributed by atoms with Gasteiger partial charge in [0.15, 0.2) is 17.7 Å². The second kappa shape index (κ2) is 9.02. The Bertz CT molecular complexity index is 773. The molecule has 126 valence electrons. The Morgan fingerprint density at radius 2 is 1.96 bits per heavy atom. The molecule has 0 amide bonds. The molecule has 2 aromatic heterocycles. The molecule has 3 unspecified atom stereocenters. The average Bonchev–Trinajstić information content (AvgIpc) is 3.01. The fourth-order valence-corrected chi connectivity index (χ4v) is 2.65. The zero-order valence-corrected chi connectivity index (χ0v) is 18.3. The van der Waals surface area contributed by atoms with Gasteiger partial charge in [0.05, 0.1) is 20.8 Å². The second-order valence-corrected chi connectivity index (χ2v) is 6.02. The molecule has 1 aliphatic heterocycles.